The molecule has 1 N–H and O–H groups in total. The van der Waals surface area contributed by atoms with E-state index in [1.807, 2.05) is 4.90 Å². The molecule has 3 aromatic rings. The zero-order valence-corrected chi connectivity index (χ0v) is 17.9. The fourth-order valence-electron chi connectivity index (χ4n) is 3.60. The van der Waals surface area contributed by atoms with Gasteiger partial charge < -0.3 is 15.0 Å². The van der Waals surface area contributed by atoms with Gasteiger partial charge in [-0.1, -0.05) is 11.3 Å². The van der Waals surface area contributed by atoms with Crippen LogP contribution < -0.4 is 10.2 Å². The molecule has 10 nitrogen and oxygen atoms in total. The second-order valence-electron chi connectivity index (χ2n) is 7.50. The van der Waals surface area contributed by atoms with E-state index < -0.39 is 22.6 Å². The lowest BCUT2D eigenvalue weighted by Crippen LogP contribution is -2.37. The van der Waals surface area contributed by atoms with Crippen LogP contribution in [0.4, 0.5) is 30.2 Å². The zero-order valence-electron chi connectivity index (χ0n) is 17.9. The number of carbonyl (C=O) groups is 1. The Morgan fingerprint density at radius 2 is 1.91 bits per heavy atom. The zero-order chi connectivity index (χ0) is 24.5. The van der Waals surface area contributed by atoms with Gasteiger partial charge in [-0.05, 0) is 31.2 Å². The molecule has 1 amide bonds. The van der Waals surface area contributed by atoms with Gasteiger partial charge in [0.2, 0.25) is 0 Å². The molecular weight excluding hydrogens is 457 g/mol. The first-order valence-corrected chi connectivity index (χ1v) is 10.2. The normalized spacial score (nSPS) is 14.2. The van der Waals surface area contributed by atoms with Crippen molar-refractivity contribution in [1.29, 1.82) is 0 Å². The van der Waals surface area contributed by atoms with Crippen molar-refractivity contribution in [2.24, 2.45) is 0 Å². The van der Waals surface area contributed by atoms with Crippen LogP contribution in [-0.4, -0.2) is 52.1 Å². The van der Waals surface area contributed by atoms with Crippen LogP contribution in [-0.2, 0) is 10.9 Å². The number of alkyl halides is 3. The number of nitrogens with one attached hydrogen (secondary N) is 1. The lowest BCUT2D eigenvalue weighted by atomic mass is 10.1. The van der Waals surface area contributed by atoms with Crippen molar-refractivity contribution in [2.45, 2.75) is 13.1 Å². The topological polar surface area (TPSA) is 115 Å². The van der Waals surface area contributed by atoms with Crippen LogP contribution in [0.25, 0.3) is 5.69 Å². The third-order valence-corrected chi connectivity index (χ3v) is 5.32. The molecule has 1 fully saturated rings. The Kier molecular flexibility index (Phi) is 6.20. The van der Waals surface area contributed by atoms with Gasteiger partial charge in [-0.3, -0.25) is 14.9 Å². The Labute approximate surface area is 191 Å². The first kappa shape index (κ1) is 23.2. The Bertz CT molecular complexity index is 1240. The van der Waals surface area contributed by atoms with Crippen molar-refractivity contribution >= 4 is 23.0 Å². The predicted octanol–water partition coefficient (Wildman–Crippen LogP) is 3.59. The van der Waals surface area contributed by atoms with E-state index in [9.17, 15) is 28.1 Å². The van der Waals surface area contributed by atoms with Gasteiger partial charge >= 0.3 is 6.18 Å². The van der Waals surface area contributed by atoms with E-state index in [2.05, 4.69) is 15.6 Å². The lowest BCUT2D eigenvalue weighted by Gasteiger charge is -2.31. The summed E-state index contributed by atoms with van der Waals surface area (Å²) in [6.07, 6.45) is -4.59. The van der Waals surface area contributed by atoms with Gasteiger partial charge in [-0.15, -0.1) is 5.10 Å². The number of nitrogens with zero attached hydrogens (tertiary/aromatic N) is 5. The molecule has 1 saturated heterocycles. The number of benzene rings is 2. The van der Waals surface area contributed by atoms with Crippen molar-refractivity contribution in [3.05, 3.63) is 69.5 Å². The number of non-ortho nitro benzene ring substituents is 1. The standard InChI is InChI=1S/C21H19F3N6O4/c1-13-19(26-27-29(13)15-3-2-4-16(12-15)30(32)33)20(31)25-17-11-14(21(22,23)24)5-6-18(17)28-7-9-34-10-8-28/h2-6,11-12H,7-10H2,1H3,(H,25,31). The summed E-state index contributed by atoms with van der Waals surface area (Å²) in [5.41, 5.74) is -0.227. The largest absolute Gasteiger partial charge is 0.416 e. The van der Waals surface area contributed by atoms with Crippen molar-refractivity contribution in [3.8, 4) is 5.69 Å². The van der Waals surface area contributed by atoms with E-state index in [0.717, 1.165) is 12.1 Å². The monoisotopic (exact) mass is 476 g/mol. The quantitative estimate of drug-likeness (QED) is 0.442. The number of aromatic nitrogens is 3. The Hall–Kier alpha value is -4.00. The van der Waals surface area contributed by atoms with E-state index in [1.54, 1.807) is 6.07 Å². The minimum Gasteiger partial charge on any atom is -0.378 e. The van der Waals surface area contributed by atoms with E-state index in [-0.39, 0.29) is 22.8 Å². The molecule has 0 atom stereocenters. The number of rotatable bonds is 5. The van der Waals surface area contributed by atoms with Crippen LogP contribution >= 0.6 is 0 Å². The van der Waals surface area contributed by atoms with E-state index in [1.165, 1.54) is 35.9 Å². The number of halogens is 3. The molecular formula is C21H19F3N6O4. The molecule has 0 aliphatic carbocycles. The Balaban J connectivity index is 1.66. The third kappa shape index (κ3) is 4.69. The number of ether oxygens (including phenoxy) is 1. The molecule has 4 rings (SSSR count). The van der Waals surface area contributed by atoms with E-state index >= 15 is 0 Å². The molecule has 0 spiro atoms. The van der Waals surface area contributed by atoms with Crippen molar-refractivity contribution in [1.82, 2.24) is 15.0 Å². The summed E-state index contributed by atoms with van der Waals surface area (Å²) in [5.74, 6) is -0.761. The highest BCUT2D eigenvalue weighted by molar-refractivity contribution is 6.05. The number of hydrogen-bond acceptors (Lipinski definition) is 7. The first-order chi connectivity index (χ1) is 16.1. The van der Waals surface area contributed by atoms with Gasteiger partial charge in [-0.2, -0.15) is 13.2 Å². The fraction of sp³-hybridized carbons (Fsp3) is 0.286. The Morgan fingerprint density at radius 1 is 1.18 bits per heavy atom. The maximum Gasteiger partial charge on any atom is 0.416 e. The molecule has 0 bridgehead atoms. The highest BCUT2D eigenvalue weighted by atomic mass is 19.4. The summed E-state index contributed by atoms with van der Waals surface area (Å²) < 4.78 is 46.5. The Morgan fingerprint density at radius 3 is 2.59 bits per heavy atom. The fourth-order valence-corrected chi connectivity index (χ4v) is 3.60. The number of anilines is 2. The molecule has 178 valence electrons. The summed E-state index contributed by atoms with van der Waals surface area (Å²) in [7, 11) is 0. The van der Waals surface area contributed by atoms with Gasteiger partial charge in [-0.25, -0.2) is 4.68 Å². The van der Waals surface area contributed by atoms with Crippen LogP contribution in [0, 0.1) is 17.0 Å². The number of nitro benzene ring substituents is 1. The lowest BCUT2D eigenvalue weighted by molar-refractivity contribution is -0.384. The molecule has 34 heavy (non-hydrogen) atoms. The second kappa shape index (κ2) is 9.09. The molecule has 2 heterocycles. The SMILES string of the molecule is Cc1c(C(=O)Nc2cc(C(F)(F)F)ccc2N2CCOCC2)nnn1-c1cccc([N+](=O)[O-])c1. The van der Waals surface area contributed by atoms with Gasteiger partial charge in [0.1, 0.15) is 0 Å². The number of amides is 1. The number of carbonyl (C=O) groups excluding carboxylic acids is 1. The summed E-state index contributed by atoms with van der Waals surface area (Å²) in [6.45, 7) is 3.26. The average Bonchev–Trinajstić information content (AvgIpc) is 3.20. The molecule has 1 aliphatic rings. The summed E-state index contributed by atoms with van der Waals surface area (Å²) in [5, 5.41) is 21.3. The third-order valence-electron chi connectivity index (χ3n) is 5.32. The highest BCUT2D eigenvalue weighted by Gasteiger charge is 2.32. The molecule has 13 heteroatoms. The van der Waals surface area contributed by atoms with Crippen LogP contribution in [0.15, 0.2) is 42.5 Å². The molecule has 0 radical (unpaired) electrons. The number of morpholine rings is 1. The van der Waals surface area contributed by atoms with Crippen LogP contribution in [0.1, 0.15) is 21.7 Å². The summed E-state index contributed by atoms with van der Waals surface area (Å²) >= 11 is 0. The highest BCUT2D eigenvalue weighted by Crippen LogP contribution is 2.36. The predicted molar refractivity (Wildman–Crippen MR) is 115 cm³/mol. The molecule has 1 aliphatic heterocycles. The molecule has 0 unspecified atom stereocenters. The van der Waals surface area contributed by atoms with Gasteiger partial charge in [0.15, 0.2) is 5.69 Å². The maximum atomic E-state index is 13.3. The molecule has 1 aromatic heterocycles. The molecule has 2 aromatic carbocycles. The minimum absolute atomic E-state index is 0.0222. The van der Waals surface area contributed by atoms with Crippen LogP contribution in [0.5, 0.6) is 0 Å². The van der Waals surface area contributed by atoms with Crippen molar-refractivity contribution < 1.29 is 27.6 Å². The number of nitro groups is 1. The van der Waals surface area contributed by atoms with Gasteiger partial charge in [0.25, 0.3) is 11.6 Å². The van der Waals surface area contributed by atoms with Crippen LogP contribution in [0.2, 0.25) is 0 Å². The van der Waals surface area contributed by atoms with E-state index in [0.29, 0.717) is 37.7 Å². The van der Waals surface area contributed by atoms with Gasteiger partial charge in [0, 0.05) is 25.2 Å². The maximum absolute atomic E-state index is 13.3. The number of hydrogen-bond donors (Lipinski definition) is 1. The van der Waals surface area contributed by atoms with Crippen LogP contribution in [0.3, 0.4) is 0 Å². The van der Waals surface area contributed by atoms with E-state index in [4.69, 9.17) is 4.74 Å². The first-order valence-electron chi connectivity index (χ1n) is 10.2. The minimum atomic E-state index is -4.59. The van der Waals surface area contributed by atoms with Crippen molar-refractivity contribution in [2.75, 3.05) is 36.5 Å². The summed E-state index contributed by atoms with van der Waals surface area (Å²) in [6, 6.07) is 8.76. The van der Waals surface area contributed by atoms with Gasteiger partial charge in [0.05, 0.1) is 46.5 Å². The van der Waals surface area contributed by atoms with Crippen molar-refractivity contribution in [3.63, 3.8) is 0 Å². The molecule has 0 saturated carbocycles. The average molecular weight is 476 g/mol. The smallest absolute Gasteiger partial charge is 0.378 e. The summed E-state index contributed by atoms with van der Waals surface area (Å²) in [4.78, 5) is 25.3. The second-order valence-corrected chi connectivity index (χ2v) is 7.50.